The van der Waals surface area contributed by atoms with Gasteiger partial charge in [0.2, 0.25) is 0 Å². The third-order valence-corrected chi connectivity index (χ3v) is 5.38. The van der Waals surface area contributed by atoms with Gasteiger partial charge in [0.05, 0.1) is 0 Å². The van der Waals surface area contributed by atoms with Crippen molar-refractivity contribution in [1.29, 1.82) is 0 Å². The smallest absolute Gasteiger partial charge is 0.326 e. The maximum atomic E-state index is 12.5. The highest BCUT2D eigenvalue weighted by molar-refractivity contribution is 7.13. The molecule has 0 aliphatic carbocycles. The van der Waals surface area contributed by atoms with Crippen LogP contribution < -0.4 is 5.09 Å². The predicted octanol–water partition coefficient (Wildman–Crippen LogP) is 5.10. The zero-order valence-corrected chi connectivity index (χ0v) is 19.8. The summed E-state index contributed by atoms with van der Waals surface area (Å²) in [5, 5.41) is 3.12. The van der Waals surface area contributed by atoms with Gasteiger partial charge in [-0.15, -0.1) is 0 Å². The first kappa shape index (κ1) is 25.8. The highest BCUT2D eigenvalue weighted by Gasteiger charge is 2.53. The Labute approximate surface area is 182 Å². The van der Waals surface area contributed by atoms with Crippen LogP contribution in [0.2, 0.25) is 0 Å². The number of carbonyl (C=O) groups excluding carboxylic acids is 2. The monoisotopic (exact) mass is 431 g/mol. The minimum atomic E-state index is -1.36. The highest BCUT2D eigenvalue weighted by Crippen LogP contribution is 2.37. The molecular weight excluding hydrogens is 397 g/mol. The molecule has 0 aromatic rings. The van der Waals surface area contributed by atoms with E-state index in [0.717, 1.165) is 16.7 Å². The maximum absolute atomic E-state index is 12.5. The van der Waals surface area contributed by atoms with Crippen molar-refractivity contribution < 1.29 is 19.1 Å². The van der Waals surface area contributed by atoms with Gasteiger partial charge in [-0.1, -0.05) is 70.7 Å². The van der Waals surface area contributed by atoms with Gasteiger partial charge in [-0.2, -0.15) is 0 Å². The Hall–Kier alpha value is -2.23. The molecule has 0 aromatic carbocycles. The molecule has 0 bridgehead atoms. The van der Waals surface area contributed by atoms with Gasteiger partial charge in [-0.05, 0) is 44.8 Å². The first-order chi connectivity index (χ1) is 14.0. The number of esters is 2. The Morgan fingerprint density at radius 3 is 2.17 bits per heavy atom. The van der Waals surface area contributed by atoms with Gasteiger partial charge in [-0.25, -0.2) is 0 Å². The summed E-state index contributed by atoms with van der Waals surface area (Å²) >= 11 is 0. The lowest BCUT2D eigenvalue weighted by Crippen LogP contribution is -2.54. The van der Waals surface area contributed by atoms with Crippen LogP contribution in [-0.2, 0) is 19.1 Å². The van der Waals surface area contributed by atoms with Gasteiger partial charge in [0.25, 0.3) is 5.79 Å². The van der Waals surface area contributed by atoms with Crippen LogP contribution in [0, 0.1) is 5.41 Å². The molecule has 0 spiro atoms. The van der Waals surface area contributed by atoms with Gasteiger partial charge in [0.1, 0.15) is 0 Å². The van der Waals surface area contributed by atoms with Crippen molar-refractivity contribution in [1.82, 2.24) is 5.09 Å². The van der Waals surface area contributed by atoms with Crippen molar-refractivity contribution in [2.45, 2.75) is 59.3 Å². The number of ether oxygens (including phenoxy) is 2. The van der Waals surface area contributed by atoms with Gasteiger partial charge in [-0.3, -0.25) is 14.7 Å². The van der Waals surface area contributed by atoms with Crippen molar-refractivity contribution in [3.63, 3.8) is 0 Å². The number of rotatable bonds is 10. The summed E-state index contributed by atoms with van der Waals surface area (Å²) in [7, 11) is 2.46. The normalized spacial score (nSPS) is 20.2. The maximum Gasteiger partial charge on any atom is 0.326 e. The second kappa shape index (κ2) is 11.2. The molecule has 1 aliphatic heterocycles. The Bertz CT molecular complexity index is 782. The third kappa shape index (κ3) is 6.93. The molecule has 0 amide bonds. The van der Waals surface area contributed by atoms with E-state index in [4.69, 9.17) is 9.47 Å². The van der Waals surface area contributed by atoms with E-state index < -0.39 is 23.1 Å². The van der Waals surface area contributed by atoms with E-state index in [0.29, 0.717) is 6.42 Å². The van der Waals surface area contributed by atoms with E-state index in [-0.39, 0.29) is 12.5 Å². The molecule has 1 aliphatic rings. The van der Waals surface area contributed by atoms with Crippen LogP contribution in [-0.4, -0.2) is 23.8 Å². The molecule has 0 radical (unpaired) electrons. The molecule has 1 saturated heterocycles. The van der Waals surface area contributed by atoms with Crippen LogP contribution in [0.4, 0.5) is 0 Å². The average molecular weight is 432 g/mol. The van der Waals surface area contributed by atoms with Gasteiger partial charge in [0, 0.05) is 19.9 Å². The molecule has 1 rings (SSSR count). The molecule has 1 N–H and O–H groups in total. The lowest BCUT2D eigenvalue weighted by Gasteiger charge is -2.39. The van der Waals surface area contributed by atoms with Crippen molar-refractivity contribution in [2.75, 3.05) is 0 Å². The second-order valence-electron chi connectivity index (χ2n) is 7.84. The van der Waals surface area contributed by atoms with Crippen molar-refractivity contribution >= 4 is 21.3 Å². The fourth-order valence-corrected chi connectivity index (χ4v) is 3.29. The Morgan fingerprint density at radius 1 is 1.10 bits per heavy atom. The standard InChI is InChI=1S/C24H34NO4P/c1-8-11-12-19(10-3)17(4)13-14-18(9-2)15-20(25-30)16-24(7)21(26)28-23(5,6)29-22(24)27/h8-14,20,25H,1,4,15-16,30H2,2-3,5-7H3/b12-11-,14-13-,18-9+,19-10+/t20-/m1/s1. The SMILES string of the molecule is C=C/C=C\C(=C/C)C(=C)/C=C\C(=C/C)C[C@H](CC1(C)C(=O)OC(C)(C)OC1=O)NP. The largest absolute Gasteiger partial charge is 0.422 e. The number of nitrogens with one attached hydrogen (secondary N) is 1. The molecule has 30 heavy (non-hydrogen) atoms. The first-order valence-corrected chi connectivity index (χ1v) is 10.5. The second-order valence-corrected chi connectivity index (χ2v) is 8.18. The van der Waals surface area contributed by atoms with E-state index in [1.165, 1.54) is 0 Å². The van der Waals surface area contributed by atoms with Crippen molar-refractivity contribution in [2.24, 2.45) is 5.41 Å². The average Bonchev–Trinajstić information content (AvgIpc) is 2.68. The van der Waals surface area contributed by atoms with Gasteiger partial charge in [0.15, 0.2) is 5.41 Å². The van der Waals surface area contributed by atoms with Crippen LogP contribution >= 0.6 is 9.39 Å². The summed E-state index contributed by atoms with van der Waals surface area (Å²) in [5.41, 5.74) is 1.56. The lowest BCUT2D eigenvalue weighted by atomic mass is 9.81. The minimum absolute atomic E-state index is 0.160. The van der Waals surface area contributed by atoms with E-state index in [1.54, 1.807) is 26.8 Å². The first-order valence-electron chi connectivity index (χ1n) is 9.94. The summed E-state index contributed by atoms with van der Waals surface area (Å²) in [6, 6.07) is -0.160. The summed E-state index contributed by atoms with van der Waals surface area (Å²) in [5.74, 6) is -2.36. The van der Waals surface area contributed by atoms with Crippen LogP contribution in [0.1, 0.15) is 47.5 Å². The summed E-state index contributed by atoms with van der Waals surface area (Å²) < 4.78 is 10.6. The summed E-state index contributed by atoms with van der Waals surface area (Å²) in [4.78, 5) is 25.1. The quantitative estimate of drug-likeness (QED) is 0.226. The molecule has 0 saturated carbocycles. The lowest BCUT2D eigenvalue weighted by molar-refractivity contribution is -0.250. The molecule has 5 nitrogen and oxygen atoms in total. The van der Waals surface area contributed by atoms with Crippen LogP contribution in [0.5, 0.6) is 0 Å². The van der Waals surface area contributed by atoms with Crippen LogP contribution in [0.25, 0.3) is 0 Å². The summed E-state index contributed by atoms with van der Waals surface area (Å²) in [6.07, 6.45) is 14.3. The van der Waals surface area contributed by atoms with E-state index in [9.17, 15) is 9.59 Å². The number of hydrogen-bond donors (Lipinski definition) is 1. The fourth-order valence-electron chi connectivity index (χ4n) is 3.06. The number of cyclic esters (lactones) is 2. The molecular formula is C24H34NO4P. The van der Waals surface area contributed by atoms with Crippen LogP contribution in [0.15, 0.2) is 72.4 Å². The van der Waals surface area contributed by atoms with E-state index >= 15 is 0 Å². The molecule has 1 unspecified atom stereocenters. The molecule has 0 aromatic heterocycles. The molecule has 1 fully saturated rings. The topological polar surface area (TPSA) is 64.6 Å². The third-order valence-electron chi connectivity index (χ3n) is 4.91. The number of carbonyl (C=O) groups is 2. The number of hydrogen-bond acceptors (Lipinski definition) is 5. The Balaban J connectivity index is 2.90. The van der Waals surface area contributed by atoms with Crippen LogP contribution in [0.3, 0.4) is 0 Å². The Morgan fingerprint density at radius 2 is 1.70 bits per heavy atom. The zero-order chi connectivity index (χ0) is 22.9. The van der Waals surface area contributed by atoms with Crippen molar-refractivity contribution in [3.05, 3.63) is 72.4 Å². The molecule has 164 valence electrons. The molecule has 2 atom stereocenters. The molecule has 1 heterocycles. The number of allylic oxidation sites excluding steroid dienone is 9. The fraction of sp³-hybridized carbons (Fsp3) is 0.417. The minimum Gasteiger partial charge on any atom is -0.422 e. The van der Waals surface area contributed by atoms with E-state index in [1.807, 2.05) is 50.3 Å². The highest BCUT2D eigenvalue weighted by atomic mass is 31.0. The summed E-state index contributed by atoms with van der Waals surface area (Å²) in [6.45, 7) is 16.4. The zero-order valence-electron chi connectivity index (χ0n) is 18.7. The van der Waals surface area contributed by atoms with E-state index in [2.05, 4.69) is 27.6 Å². The predicted molar refractivity (Wildman–Crippen MR) is 125 cm³/mol. The molecule has 6 heteroatoms. The van der Waals surface area contributed by atoms with Gasteiger partial charge >= 0.3 is 11.9 Å². The van der Waals surface area contributed by atoms with Gasteiger partial charge < -0.3 is 9.47 Å². The Kier molecular flexibility index (Phi) is 9.67. The van der Waals surface area contributed by atoms with Crippen molar-refractivity contribution in [3.8, 4) is 0 Å².